The third-order valence-corrected chi connectivity index (χ3v) is 4.47. The Morgan fingerprint density at radius 3 is 2.54 bits per heavy atom. The van der Waals surface area contributed by atoms with Crippen molar-refractivity contribution in [1.29, 1.82) is 0 Å². The molecular weight excluding hydrogens is 444 g/mol. The van der Waals surface area contributed by atoms with Crippen LogP contribution < -0.4 is 10.6 Å². The van der Waals surface area contributed by atoms with Crippen LogP contribution in [0.1, 0.15) is 23.7 Å². The van der Waals surface area contributed by atoms with Crippen LogP contribution in [0, 0.1) is 11.7 Å². The van der Waals surface area contributed by atoms with Crippen LogP contribution in [0.25, 0.3) is 0 Å². The van der Waals surface area contributed by atoms with E-state index in [4.69, 9.17) is 4.74 Å². The molecule has 0 aliphatic carbocycles. The van der Waals surface area contributed by atoms with Crippen molar-refractivity contribution in [2.24, 2.45) is 10.9 Å². The molecule has 1 heterocycles. The predicted octanol–water partition coefficient (Wildman–Crippen LogP) is 3.89. The van der Waals surface area contributed by atoms with Crippen molar-refractivity contribution in [2.75, 3.05) is 20.2 Å². The molecule has 0 aromatic heterocycles. The fraction of sp³-hybridized carbons (Fsp3) is 0.350. The number of ether oxygens (including phenoxy) is 1. The molecule has 2 unspecified atom stereocenters. The maximum atomic E-state index is 13.0. The largest absolute Gasteiger partial charge is 0.373 e. The average molecular weight is 469 g/mol. The minimum absolute atomic E-state index is 0. The van der Waals surface area contributed by atoms with Crippen LogP contribution in [0.5, 0.6) is 0 Å². The highest BCUT2D eigenvalue weighted by Crippen LogP contribution is 2.33. The fourth-order valence-electron chi connectivity index (χ4n) is 3.09. The molecule has 2 aromatic rings. The van der Waals surface area contributed by atoms with Crippen molar-refractivity contribution < 1.29 is 9.13 Å². The van der Waals surface area contributed by atoms with Gasteiger partial charge < -0.3 is 15.4 Å². The van der Waals surface area contributed by atoms with Gasteiger partial charge in [0.15, 0.2) is 5.96 Å². The summed E-state index contributed by atoms with van der Waals surface area (Å²) in [6.07, 6.45) is 1.16. The summed E-state index contributed by atoms with van der Waals surface area (Å²) < 4.78 is 18.9. The molecule has 1 fully saturated rings. The van der Waals surface area contributed by atoms with Gasteiger partial charge in [-0.1, -0.05) is 42.5 Å². The Kier molecular flexibility index (Phi) is 8.31. The lowest BCUT2D eigenvalue weighted by Gasteiger charge is -2.21. The molecule has 1 saturated heterocycles. The first-order valence-corrected chi connectivity index (χ1v) is 8.62. The summed E-state index contributed by atoms with van der Waals surface area (Å²) in [5, 5.41) is 6.64. The maximum absolute atomic E-state index is 13.0. The number of halogens is 2. The summed E-state index contributed by atoms with van der Waals surface area (Å²) in [5.74, 6) is 0.925. The molecule has 4 nitrogen and oxygen atoms in total. The normalized spacial score (nSPS) is 19.7. The first-order valence-electron chi connectivity index (χ1n) is 8.62. The summed E-state index contributed by atoms with van der Waals surface area (Å²) in [7, 11) is 1.75. The number of benzene rings is 2. The summed E-state index contributed by atoms with van der Waals surface area (Å²) >= 11 is 0. The van der Waals surface area contributed by atoms with Crippen molar-refractivity contribution in [1.82, 2.24) is 10.6 Å². The molecule has 1 aliphatic heterocycles. The Morgan fingerprint density at radius 2 is 1.85 bits per heavy atom. The molecule has 3 rings (SSSR count). The van der Waals surface area contributed by atoms with Gasteiger partial charge in [0.2, 0.25) is 0 Å². The van der Waals surface area contributed by atoms with E-state index in [1.807, 2.05) is 18.2 Å². The number of nitrogens with one attached hydrogen (secondary N) is 2. The van der Waals surface area contributed by atoms with Crippen molar-refractivity contribution in [3.63, 3.8) is 0 Å². The number of hydrogen-bond acceptors (Lipinski definition) is 2. The molecule has 0 amide bonds. The fourth-order valence-corrected chi connectivity index (χ4v) is 3.09. The van der Waals surface area contributed by atoms with Crippen molar-refractivity contribution in [2.45, 2.75) is 19.1 Å². The molecule has 1 aliphatic rings. The van der Waals surface area contributed by atoms with Gasteiger partial charge in [-0.05, 0) is 29.7 Å². The molecular formula is C20H25FIN3O. The topological polar surface area (TPSA) is 45.7 Å². The number of aliphatic imine (C=N–C) groups is 1. The highest BCUT2D eigenvalue weighted by atomic mass is 127. The summed E-state index contributed by atoms with van der Waals surface area (Å²) in [5.41, 5.74) is 2.23. The highest BCUT2D eigenvalue weighted by molar-refractivity contribution is 14.0. The molecule has 2 atom stereocenters. The van der Waals surface area contributed by atoms with Crippen LogP contribution in [0.3, 0.4) is 0 Å². The Bertz CT molecular complexity index is 694. The minimum atomic E-state index is -0.223. The molecule has 2 aromatic carbocycles. The molecule has 0 spiro atoms. The quantitative estimate of drug-likeness (QED) is 0.397. The van der Waals surface area contributed by atoms with Crippen LogP contribution in [0.4, 0.5) is 4.39 Å². The molecule has 140 valence electrons. The van der Waals surface area contributed by atoms with E-state index in [2.05, 4.69) is 27.8 Å². The molecule has 0 radical (unpaired) electrons. The first-order chi connectivity index (χ1) is 12.3. The van der Waals surface area contributed by atoms with Gasteiger partial charge >= 0.3 is 0 Å². The van der Waals surface area contributed by atoms with E-state index >= 15 is 0 Å². The van der Waals surface area contributed by atoms with Crippen LogP contribution in [0.15, 0.2) is 59.6 Å². The average Bonchev–Trinajstić information content (AvgIpc) is 3.12. The molecule has 0 saturated carbocycles. The number of hydrogen-bond donors (Lipinski definition) is 2. The first kappa shape index (κ1) is 20.6. The van der Waals surface area contributed by atoms with E-state index in [1.165, 1.54) is 17.7 Å². The van der Waals surface area contributed by atoms with Gasteiger partial charge in [-0.15, -0.1) is 24.0 Å². The standard InChI is InChI=1S/C20H24FN3O.HI/c1-22-20(23-13-15-7-9-18(21)10-8-15)24-14-17-11-12-25-19(17)16-5-3-2-4-6-16;/h2-10,17,19H,11-14H2,1H3,(H2,22,23,24);1H. The predicted molar refractivity (Wildman–Crippen MR) is 113 cm³/mol. The minimum Gasteiger partial charge on any atom is -0.373 e. The Balaban J connectivity index is 0.00000243. The van der Waals surface area contributed by atoms with Crippen LogP contribution >= 0.6 is 24.0 Å². The summed E-state index contributed by atoms with van der Waals surface area (Å²) in [6.45, 7) is 2.18. The number of nitrogens with zero attached hydrogens (tertiary/aromatic N) is 1. The van der Waals surface area contributed by atoms with E-state index in [0.29, 0.717) is 12.5 Å². The second-order valence-corrected chi connectivity index (χ2v) is 6.18. The van der Waals surface area contributed by atoms with Gasteiger partial charge in [-0.3, -0.25) is 4.99 Å². The van der Waals surface area contributed by atoms with E-state index in [9.17, 15) is 4.39 Å². The number of guanidine groups is 1. The van der Waals surface area contributed by atoms with Crippen LogP contribution in [-0.4, -0.2) is 26.2 Å². The Hall–Kier alpha value is -1.67. The van der Waals surface area contributed by atoms with E-state index < -0.39 is 0 Å². The van der Waals surface area contributed by atoms with E-state index in [-0.39, 0.29) is 35.9 Å². The van der Waals surface area contributed by atoms with Crippen molar-refractivity contribution in [3.8, 4) is 0 Å². The summed E-state index contributed by atoms with van der Waals surface area (Å²) in [4.78, 5) is 4.26. The maximum Gasteiger partial charge on any atom is 0.191 e. The summed E-state index contributed by atoms with van der Waals surface area (Å²) in [6, 6.07) is 16.8. The van der Waals surface area contributed by atoms with Crippen LogP contribution in [0.2, 0.25) is 0 Å². The third kappa shape index (κ3) is 5.67. The zero-order chi connectivity index (χ0) is 17.5. The molecule has 26 heavy (non-hydrogen) atoms. The molecule has 2 N–H and O–H groups in total. The van der Waals surface area contributed by atoms with Gasteiger partial charge in [0.25, 0.3) is 0 Å². The van der Waals surface area contributed by atoms with Gasteiger partial charge in [-0.2, -0.15) is 0 Å². The lowest BCUT2D eigenvalue weighted by molar-refractivity contribution is 0.0915. The van der Waals surface area contributed by atoms with Crippen molar-refractivity contribution in [3.05, 3.63) is 71.5 Å². The zero-order valence-corrected chi connectivity index (χ0v) is 17.2. The zero-order valence-electron chi connectivity index (χ0n) is 14.8. The molecule has 0 bridgehead atoms. The Labute approximate surface area is 171 Å². The lowest BCUT2D eigenvalue weighted by Crippen LogP contribution is -2.39. The molecule has 6 heteroatoms. The van der Waals surface area contributed by atoms with Gasteiger partial charge in [0.05, 0.1) is 6.10 Å². The van der Waals surface area contributed by atoms with Gasteiger partial charge in [0.1, 0.15) is 5.82 Å². The second-order valence-electron chi connectivity index (χ2n) is 6.18. The van der Waals surface area contributed by atoms with Crippen LogP contribution in [-0.2, 0) is 11.3 Å². The van der Waals surface area contributed by atoms with Crippen molar-refractivity contribution >= 4 is 29.9 Å². The smallest absolute Gasteiger partial charge is 0.191 e. The van der Waals surface area contributed by atoms with E-state index in [0.717, 1.165) is 31.1 Å². The number of rotatable bonds is 5. The lowest BCUT2D eigenvalue weighted by atomic mass is 9.95. The highest BCUT2D eigenvalue weighted by Gasteiger charge is 2.29. The van der Waals surface area contributed by atoms with E-state index in [1.54, 1.807) is 19.2 Å². The SMILES string of the molecule is CN=C(NCc1ccc(F)cc1)NCC1CCOC1c1ccccc1.I. The van der Waals surface area contributed by atoms with Gasteiger partial charge in [0, 0.05) is 32.7 Å². The monoisotopic (exact) mass is 469 g/mol. The van der Waals surface area contributed by atoms with Gasteiger partial charge in [-0.25, -0.2) is 4.39 Å². The second kappa shape index (κ2) is 10.5. The Morgan fingerprint density at radius 1 is 1.12 bits per heavy atom. The third-order valence-electron chi connectivity index (χ3n) is 4.47.